The molecule has 0 radical (unpaired) electrons. The van der Waals surface area contributed by atoms with Crippen molar-refractivity contribution >= 4 is 50.3 Å². The van der Waals surface area contributed by atoms with Crippen LogP contribution < -0.4 is 0 Å². The molecule has 0 aromatic heterocycles. The molecule has 0 saturated carbocycles. The second kappa shape index (κ2) is 8.64. The van der Waals surface area contributed by atoms with Gasteiger partial charge in [-0.1, -0.05) is 19.1 Å². The van der Waals surface area contributed by atoms with E-state index in [9.17, 15) is 22.8 Å². The molecule has 0 atom stereocenters. The highest BCUT2D eigenvalue weighted by Crippen LogP contribution is 2.36. The maximum absolute atomic E-state index is 12.7. The lowest BCUT2D eigenvalue weighted by molar-refractivity contribution is -0.119. The van der Waals surface area contributed by atoms with Gasteiger partial charge in [-0.2, -0.15) is 8.42 Å². The average Bonchev–Trinajstić information content (AvgIpc) is 2.66. The number of hydrogen-bond acceptors (Lipinski definition) is 7. The monoisotopic (exact) mass is 435 g/mol. The highest BCUT2D eigenvalue weighted by molar-refractivity contribution is 7.99. The van der Waals surface area contributed by atoms with Crippen LogP contribution >= 0.6 is 11.8 Å². The van der Waals surface area contributed by atoms with Gasteiger partial charge in [0.05, 0.1) is 17.4 Å². The topological polar surface area (TPSA) is 97.8 Å². The minimum absolute atomic E-state index is 0.210. The number of rotatable bonds is 9. The number of hydrogen-bond donors (Lipinski definition) is 0. The van der Waals surface area contributed by atoms with Crippen LogP contribution in [0.2, 0.25) is 0 Å². The van der Waals surface area contributed by atoms with E-state index < -0.39 is 21.9 Å². The van der Waals surface area contributed by atoms with Crippen molar-refractivity contribution in [1.29, 1.82) is 0 Å². The number of thioether (sulfide) groups is 1. The Kier molecular flexibility index (Phi) is 6.40. The molecule has 1 aliphatic heterocycles. The van der Waals surface area contributed by atoms with Gasteiger partial charge in [-0.15, -0.1) is 21.1 Å². The number of hydroxylamine groups is 2. The summed E-state index contributed by atoms with van der Waals surface area (Å²) in [5, 5.41) is 1.52. The molecule has 0 unspecified atom stereocenters. The first-order valence-corrected chi connectivity index (χ1v) is 12.0. The minimum Gasteiger partial charge on any atom is -0.300 e. The molecule has 0 N–H and O–H groups in total. The number of benzene rings is 2. The smallest absolute Gasteiger partial charge is 0.286 e. The van der Waals surface area contributed by atoms with Crippen molar-refractivity contribution < 1.29 is 27.1 Å². The number of carbonyl (C=O) groups excluding carboxylic acids is 3. The van der Waals surface area contributed by atoms with Crippen LogP contribution in [0.3, 0.4) is 0 Å². The van der Waals surface area contributed by atoms with Gasteiger partial charge in [0, 0.05) is 23.1 Å². The van der Waals surface area contributed by atoms with E-state index in [0.29, 0.717) is 23.3 Å². The van der Waals surface area contributed by atoms with Crippen molar-refractivity contribution in [3.8, 4) is 0 Å². The van der Waals surface area contributed by atoms with Gasteiger partial charge >= 0.3 is 0 Å². The summed E-state index contributed by atoms with van der Waals surface area (Å²) in [6.45, 7) is 1.98. The Balaban J connectivity index is 1.88. The van der Waals surface area contributed by atoms with Crippen molar-refractivity contribution in [2.45, 2.75) is 37.5 Å². The fraction of sp³-hybridized carbons (Fsp3) is 0.350. The van der Waals surface area contributed by atoms with Crippen LogP contribution in [0.15, 0.2) is 35.2 Å². The number of carbonyl (C=O) groups is 3. The first-order chi connectivity index (χ1) is 13.7. The lowest BCUT2D eigenvalue weighted by atomic mass is 9.95. The Bertz CT molecular complexity index is 1070. The van der Waals surface area contributed by atoms with Gasteiger partial charge in [-0.05, 0) is 42.2 Å². The maximum atomic E-state index is 12.7. The SMILES string of the molecule is CCCC(=O)CCCSc1ccc2c3c(cccc13)C(=O)N(OS(C)(=O)=O)C2=O. The summed E-state index contributed by atoms with van der Waals surface area (Å²) in [5.41, 5.74) is 0.419. The fourth-order valence-electron chi connectivity index (χ4n) is 3.23. The van der Waals surface area contributed by atoms with Gasteiger partial charge in [0.1, 0.15) is 5.78 Å². The van der Waals surface area contributed by atoms with Gasteiger partial charge < -0.3 is 0 Å². The third kappa shape index (κ3) is 4.68. The zero-order chi connectivity index (χ0) is 21.2. The molecule has 1 aliphatic rings. The van der Waals surface area contributed by atoms with E-state index >= 15 is 0 Å². The van der Waals surface area contributed by atoms with Crippen molar-refractivity contribution in [2.75, 3.05) is 12.0 Å². The third-order valence-corrected chi connectivity index (χ3v) is 6.01. The van der Waals surface area contributed by atoms with Crippen LogP contribution in [-0.2, 0) is 19.2 Å². The summed E-state index contributed by atoms with van der Waals surface area (Å²) in [6, 6.07) is 8.39. The number of ketones is 1. The van der Waals surface area contributed by atoms with Gasteiger partial charge in [0.2, 0.25) is 0 Å². The van der Waals surface area contributed by atoms with Crippen LogP contribution in [0.5, 0.6) is 0 Å². The van der Waals surface area contributed by atoms with E-state index in [1.165, 1.54) is 6.07 Å². The van der Waals surface area contributed by atoms with E-state index in [1.54, 1.807) is 30.0 Å². The summed E-state index contributed by atoms with van der Waals surface area (Å²) >= 11 is 1.56. The Morgan fingerprint density at radius 3 is 2.41 bits per heavy atom. The molecule has 29 heavy (non-hydrogen) atoms. The Hall–Kier alpha value is -2.23. The summed E-state index contributed by atoms with van der Waals surface area (Å²) < 4.78 is 27.5. The molecule has 9 heteroatoms. The zero-order valence-corrected chi connectivity index (χ0v) is 17.8. The van der Waals surface area contributed by atoms with Crippen molar-refractivity contribution in [3.05, 3.63) is 41.5 Å². The number of Topliss-reactive ketones (excluding diaryl/α,β-unsaturated/α-hetero) is 1. The molecule has 2 aromatic rings. The van der Waals surface area contributed by atoms with Gasteiger partial charge in [-0.3, -0.25) is 14.4 Å². The predicted molar refractivity (Wildman–Crippen MR) is 110 cm³/mol. The van der Waals surface area contributed by atoms with Gasteiger partial charge in [-0.25, -0.2) is 0 Å². The summed E-state index contributed by atoms with van der Waals surface area (Å²) in [5.74, 6) is -0.636. The van der Waals surface area contributed by atoms with E-state index in [4.69, 9.17) is 0 Å². The van der Waals surface area contributed by atoms with Crippen molar-refractivity contribution in [3.63, 3.8) is 0 Å². The first-order valence-electron chi connectivity index (χ1n) is 9.21. The highest BCUT2D eigenvalue weighted by Gasteiger charge is 2.36. The number of imide groups is 1. The van der Waals surface area contributed by atoms with E-state index in [2.05, 4.69) is 4.28 Å². The molecular weight excluding hydrogens is 414 g/mol. The average molecular weight is 436 g/mol. The highest BCUT2D eigenvalue weighted by atomic mass is 32.2. The molecule has 7 nitrogen and oxygen atoms in total. The largest absolute Gasteiger partial charge is 0.300 e. The second-order valence-electron chi connectivity index (χ2n) is 6.76. The lowest BCUT2D eigenvalue weighted by Gasteiger charge is -2.25. The molecule has 0 aliphatic carbocycles. The molecule has 2 aromatic carbocycles. The van der Waals surface area contributed by atoms with Crippen LogP contribution in [0.1, 0.15) is 53.3 Å². The van der Waals surface area contributed by atoms with Gasteiger partial charge in [0.25, 0.3) is 21.9 Å². The zero-order valence-electron chi connectivity index (χ0n) is 16.1. The summed E-state index contributed by atoms with van der Waals surface area (Å²) in [4.78, 5) is 37.9. The quantitative estimate of drug-likeness (QED) is 0.337. The second-order valence-corrected chi connectivity index (χ2v) is 9.46. The maximum Gasteiger partial charge on any atom is 0.286 e. The molecule has 0 bridgehead atoms. The molecule has 3 rings (SSSR count). The van der Waals surface area contributed by atoms with E-state index in [-0.39, 0.29) is 16.9 Å². The third-order valence-electron chi connectivity index (χ3n) is 4.43. The molecule has 0 saturated heterocycles. The molecular formula is C20H21NO6S2. The standard InChI is InChI=1S/C20H21NO6S2/c1-3-6-13(22)7-5-12-28-17-11-10-16-18-14(17)8-4-9-15(18)19(23)21(20(16)24)27-29(2,25)26/h4,8-11H,3,5-7,12H2,1-2H3. The van der Waals surface area contributed by atoms with Crippen LogP contribution in [0.25, 0.3) is 10.8 Å². The van der Waals surface area contributed by atoms with Crippen LogP contribution in [-0.4, -0.2) is 43.1 Å². The summed E-state index contributed by atoms with van der Waals surface area (Å²) in [7, 11) is -4.04. The normalized spacial score (nSPS) is 13.9. The summed E-state index contributed by atoms with van der Waals surface area (Å²) in [6.07, 6.45) is 3.51. The van der Waals surface area contributed by atoms with E-state index in [0.717, 1.165) is 35.1 Å². The number of nitrogens with zero attached hydrogens (tertiary/aromatic N) is 1. The van der Waals surface area contributed by atoms with E-state index in [1.807, 2.05) is 13.0 Å². The Morgan fingerprint density at radius 2 is 1.76 bits per heavy atom. The molecule has 0 spiro atoms. The van der Waals surface area contributed by atoms with Crippen LogP contribution in [0, 0.1) is 0 Å². The van der Waals surface area contributed by atoms with Crippen molar-refractivity contribution in [1.82, 2.24) is 5.06 Å². The first kappa shape index (κ1) is 21.5. The van der Waals surface area contributed by atoms with Crippen LogP contribution in [0.4, 0.5) is 0 Å². The molecule has 2 amide bonds. The Labute approximate surface area is 173 Å². The Morgan fingerprint density at radius 1 is 1.07 bits per heavy atom. The molecule has 154 valence electrons. The minimum atomic E-state index is -4.04. The molecule has 1 heterocycles. The lowest BCUT2D eigenvalue weighted by Crippen LogP contribution is -2.41. The molecule has 0 fully saturated rings. The van der Waals surface area contributed by atoms with Crippen molar-refractivity contribution in [2.24, 2.45) is 0 Å². The predicted octanol–water partition coefficient (Wildman–Crippen LogP) is 3.57. The fourth-order valence-corrected chi connectivity index (χ4v) is 4.64. The van der Waals surface area contributed by atoms with Gasteiger partial charge in [0.15, 0.2) is 0 Å². The number of amides is 2.